The highest BCUT2D eigenvalue weighted by Gasteiger charge is 2.36. The molecule has 2 amide bonds. The largest absolute Gasteiger partial charge is 0.305 e. The number of hydrazine groups is 1. The molecule has 0 aliphatic carbocycles. The van der Waals surface area contributed by atoms with Crippen LogP contribution in [0.25, 0.3) is 0 Å². The number of unbranched alkanes of at least 4 members (excludes halogenated alkanes) is 1. The molecule has 1 aliphatic rings. The minimum Gasteiger partial charge on any atom is -0.305 e. The molecule has 2 rings (SSSR count). The van der Waals surface area contributed by atoms with Crippen molar-refractivity contribution in [2.75, 3.05) is 11.4 Å². The van der Waals surface area contributed by atoms with Crippen LogP contribution in [0.15, 0.2) is 22.7 Å². The predicted molar refractivity (Wildman–Crippen MR) is 77.0 cm³/mol. The van der Waals surface area contributed by atoms with Gasteiger partial charge >= 0.3 is 0 Å². The first-order valence-corrected chi connectivity index (χ1v) is 6.99. The number of fused-ring (bicyclic) bond motifs is 1. The van der Waals surface area contributed by atoms with Crippen molar-refractivity contribution < 1.29 is 14.4 Å². The SMILES string of the molecule is NNC(=O)CCCCN1C(=O)C(=O)c2c(Br)cccc21. The van der Waals surface area contributed by atoms with E-state index in [-0.39, 0.29) is 5.91 Å². The number of Topliss-reactive ketones (excluding diaryl/α,β-unsaturated/α-hetero) is 1. The fraction of sp³-hybridized carbons (Fsp3) is 0.308. The molecule has 1 aromatic rings. The molecule has 0 saturated carbocycles. The summed E-state index contributed by atoms with van der Waals surface area (Å²) in [5.74, 6) is 3.73. The van der Waals surface area contributed by atoms with E-state index in [1.165, 1.54) is 4.90 Å². The molecule has 1 aliphatic heterocycles. The predicted octanol–water partition coefficient (Wildman–Crippen LogP) is 1.14. The zero-order chi connectivity index (χ0) is 14.7. The van der Waals surface area contributed by atoms with Gasteiger partial charge in [-0.1, -0.05) is 6.07 Å². The molecule has 6 nitrogen and oxygen atoms in total. The second kappa shape index (κ2) is 6.15. The first-order valence-electron chi connectivity index (χ1n) is 6.20. The van der Waals surface area contributed by atoms with Gasteiger partial charge in [-0.25, -0.2) is 5.84 Å². The Morgan fingerprint density at radius 1 is 1.30 bits per heavy atom. The van der Waals surface area contributed by atoms with E-state index in [4.69, 9.17) is 5.84 Å². The van der Waals surface area contributed by atoms with Crippen molar-refractivity contribution in [2.45, 2.75) is 19.3 Å². The van der Waals surface area contributed by atoms with E-state index >= 15 is 0 Å². The number of nitrogens with two attached hydrogens (primary N) is 1. The molecular formula is C13H14BrN3O3. The molecule has 0 aromatic heterocycles. The van der Waals surface area contributed by atoms with Crippen molar-refractivity contribution in [2.24, 2.45) is 5.84 Å². The van der Waals surface area contributed by atoms with Crippen LogP contribution >= 0.6 is 15.9 Å². The molecule has 0 atom stereocenters. The molecule has 1 heterocycles. The summed E-state index contributed by atoms with van der Waals surface area (Å²) in [6.07, 6.45) is 1.53. The number of benzene rings is 1. The van der Waals surface area contributed by atoms with Crippen LogP contribution in [0.1, 0.15) is 29.6 Å². The summed E-state index contributed by atoms with van der Waals surface area (Å²) in [6.45, 7) is 0.409. The standard InChI is InChI=1S/C13H14BrN3O3/c14-8-4-3-5-9-11(8)12(19)13(20)17(9)7-2-1-6-10(18)16-15/h3-5H,1-2,6-7,15H2,(H,16,18). The van der Waals surface area contributed by atoms with Crippen molar-refractivity contribution >= 4 is 39.2 Å². The molecule has 0 fully saturated rings. The maximum Gasteiger partial charge on any atom is 0.299 e. The van der Waals surface area contributed by atoms with Gasteiger partial charge in [-0.3, -0.25) is 19.8 Å². The van der Waals surface area contributed by atoms with Gasteiger partial charge in [0, 0.05) is 17.4 Å². The van der Waals surface area contributed by atoms with Gasteiger partial charge < -0.3 is 4.90 Å². The number of carbonyl (C=O) groups is 3. The highest BCUT2D eigenvalue weighted by atomic mass is 79.9. The van der Waals surface area contributed by atoms with E-state index in [9.17, 15) is 14.4 Å². The van der Waals surface area contributed by atoms with Crippen LogP contribution in [0.2, 0.25) is 0 Å². The van der Waals surface area contributed by atoms with Gasteiger partial charge in [-0.05, 0) is 40.9 Å². The van der Waals surface area contributed by atoms with Gasteiger partial charge in [0.25, 0.3) is 11.7 Å². The van der Waals surface area contributed by atoms with E-state index in [2.05, 4.69) is 21.4 Å². The van der Waals surface area contributed by atoms with Gasteiger partial charge in [0.05, 0.1) is 11.3 Å². The Balaban J connectivity index is 2.03. The number of rotatable bonds is 5. The Kier molecular flexibility index (Phi) is 4.51. The van der Waals surface area contributed by atoms with Gasteiger partial charge in [0.15, 0.2) is 0 Å². The van der Waals surface area contributed by atoms with Crippen LogP contribution in [0, 0.1) is 0 Å². The van der Waals surface area contributed by atoms with Gasteiger partial charge in [0.2, 0.25) is 5.91 Å². The zero-order valence-electron chi connectivity index (χ0n) is 10.7. The lowest BCUT2D eigenvalue weighted by Gasteiger charge is -2.16. The first-order chi connectivity index (χ1) is 9.56. The van der Waals surface area contributed by atoms with Crippen LogP contribution in [-0.2, 0) is 9.59 Å². The van der Waals surface area contributed by atoms with Crippen LogP contribution in [-0.4, -0.2) is 24.1 Å². The number of hydrogen-bond acceptors (Lipinski definition) is 4. The highest BCUT2D eigenvalue weighted by molar-refractivity contribution is 9.10. The second-order valence-corrected chi connectivity index (χ2v) is 5.30. The maximum atomic E-state index is 12.0. The number of halogens is 1. The molecule has 0 saturated heterocycles. The molecular weight excluding hydrogens is 326 g/mol. The minimum atomic E-state index is -0.518. The average Bonchev–Trinajstić information content (AvgIpc) is 2.68. The third-order valence-corrected chi connectivity index (χ3v) is 3.81. The summed E-state index contributed by atoms with van der Waals surface area (Å²) < 4.78 is 0.623. The summed E-state index contributed by atoms with van der Waals surface area (Å²) >= 11 is 3.29. The number of hydrogen-bond donors (Lipinski definition) is 2. The molecule has 0 radical (unpaired) electrons. The Morgan fingerprint density at radius 3 is 2.75 bits per heavy atom. The Hall–Kier alpha value is -1.73. The summed E-state index contributed by atoms with van der Waals surface area (Å²) in [4.78, 5) is 36.3. The molecule has 3 N–H and O–H groups in total. The summed E-state index contributed by atoms with van der Waals surface area (Å²) in [5, 5.41) is 0. The van der Waals surface area contributed by atoms with Crippen LogP contribution in [0.4, 0.5) is 5.69 Å². The molecule has 1 aromatic carbocycles. The fourth-order valence-corrected chi connectivity index (χ4v) is 2.69. The lowest BCUT2D eigenvalue weighted by atomic mass is 10.1. The highest BCUT2D eigenvalue weighted by Crippen LogP contribution is 2.34. The van der Waals surface area contributed by atoms with Crippen molar-refractivity contribution in [1.82, 2.24) is 5.43 Å². The number of ketones is 1. The normalized spacial score (nSPS) is 13.6. The van der Waals surface area contributed by atoms with E-state index in [0.29, 0.717) is 41.5 Å². The Morgan fingerprint density at radius 2 is 2.05 bits per heavy atom. The molecule has 0 bridgehead atoms. The molecule has 0 unspecified atom stereocenters. The fourth-order valence-electron chi connectivity index (χ4n) is 2.15. The third-order valence-electron chi connectivity index (χ3n) is 3.15. The molecule has 0 spiro atoms. The van der Waals surface area contributed by atoms with E-state index < -0.39 is 11.7 Å². The van der Waals surface area contributed by atoms with Crippen molar-refractivity contribution in [3.8, 4) is 0 Å². The van der Waals surface area contributed by atoms with Crippen molar-refractivity contribution in [3.63, 3.8) is 0 Å². The minimum absolute atomic E-state index is 0.239. The van der Waals surface area contributed by atoms with Crippen molar-refractivity contribution in [3.05, 3.63) is 28.2 Å². The Bertz CT molecular complexity index is 574. The van der Waals surface area contributed by atoms with Crippen LogP contribution in [0.3, 0.4) is 0 Å². The quantitative estimate of drug-likeness (QED) is 0.276. The third kappa shape index (κ3) is 2.73. The number of anilines is 1. The molecule has 7 heteroatoms. The average molecular weight is 340 g/mol. The number of nitrogens with one attached hydrogen (secondary N) is 1. The van der Waals surface area contributed by atoms with E-state index in [0.717, 1.165) is 0 Å². The first kappa shape index (κ1) is 14.7. The number of nitrogens with zero attached hydrogens (tertiary/aromatic N) is 1. The zero-order valence-corrected chi connectivity index (χ0v) is 12.3. The molecule has 106 valence electrons. The Labute approximate surface area is 124 Å². The lowest BCUT2D eigenvalue weighted by Crippen LogP contribution is -2.31. The van der Waals surface area contributed by atoms with Crippen LogP contribution in [0.5, 0.6) is 0 Å². The van der Waals surface area contributed by atoms with Crippen LogP contribution < -0.4 is 16.2 Å². The van der Waals surface area contributed by atoms with Gasteiger partial charge in [-0.2, -0.15) is 0 Å². The maximum absolute atomic E-state index is 12.0. The monoisotopic (exact) mass is 339 g/mol. The summed E-state index contributed by atoms with van der Waals surface area (Å²) in [5.41, 5.74) is 3.09. The number of amides is 2. The smallest absolute Gasteiger partial charge is 0.299 e. The van der Waals surface area contributed by atoms with E-state index in [1.807, 2.05) is 0 Å². The van der Waals surface area contributed by atoms with Gasteiger partial charge in [0.1, 0.15) is 0 Å². The molecule has 20 heavy (non-hydrogen) atoms. The lowest BCUT2D eigenvalue weighted by molar-refractivity contribution is -0.121. The topological polar surface area (TPSA) is 92.5 Å². The van der Waals surface area contributed by atoms with Crippen molar-refractivity contribution in [1.29, 1.82) is 0 Å². The van der Waals surface area contributed by atoms with Gasteiger partial charge in [-0.15, -0.1) is 0 Å². The van der Waals surface area contributed by atoms with E-state index in [1.54, 1.807) is 18.2 Å². The summed E-state index contributed by atoms with van der Waals surface area (Å²) in [7, 11) is 0. The summed E-state index contributed by atoms with van der Waals surface area (Å²) in [6, 6.07) is 5.26. The number of carbonyl (C=O) groups excluding carboxylic acids is 3. The second-order valence-electron chi connectivity index (χ2n) is 4.44.